The molecule has 2 saturated carbocycles. The van der Waals surface area contributed by atoms with Crippen molar-refractivity contribution >= 4 is 34.8 Å². The molecule has 0 unspecified atom stereocenters. The van der Waals surface area contributed by atoms with E-state index in [-0.39, 0.29) is 66.4 Å². The minimum Gasteiger partial charge on any atom is -0.490 e. The minimum atomic E-state index is -4.63. The molecule has 0 saturated heterocycles. The number of hydrogen-bond donors (Lipinski definition) is 1. The van der Waals surface area contributed by atoms with E-state index in [1.165, 1.54) is 32.8 Å². The molecule has 6 aromatic rings. The van der Waals surface area contributed by atoms with Gasteiger partial charge in [-0.25, -0.2) is 14.8 Å². The zero-order chi connectivity index (χ0) is 54.6. The van der Waals surface area contributed by atoms with E-state index in [0.717, 1.165) is 33.4 Å². The Morgan fingerprint density at radius 2 is 1.01 bits per heavy atom. The minimum absolute atomic E-state index is 0.0748. The normalized spacial score (nSPS) is 14.8. The van der Waals surface area contributed by atoms with E-state index in [0.29, 0.717) is 61.8 Å². The number of halogens is 8. The third kappa shape index (κ3) is 14.1. The number of hydrogen-bond acceptors (Lipinski definition) is 11. The second-order valence-electron chi connectivity index (χ2n) is 19.9. The molecular weight excluding hydrogens is 1030 g/mol. The number of H-pyrrole nitrogens is 1. The van der Waals surface area contributed by atoms with Crippen molar-refractivity contribution in [3.63, 3.8) is 0 Å². The van der Waals surface area contributed by atoms with Crippen LogP contribution in [0.15, 0.2) is 89.7 Å². The summed E-state index contributed by atoms with van der Waals surface area (Å²) in [6, 6.07) is 24.3. The Kier molecular flexibility index (Phi) is 17.1. The van der Waals surface area contributed by atoms with Crippen LogP contribution in [0.4, 0.5) is 26.3 Å². The van der Waals surface area contributed by atoms with Crippen molar-refractivity contribution < 1.29 is 50.1 Å². The summed E-state index contributed by atoms with van der Waals surface area (Å²) in [6.45, 7) is 7.66. The fourth-order valence-electron chi connectivity index (χ4n) is 7.72. The van der Waals surface area contributed by atoms with Crippen LogP contribution in [0, 0.1) is 22.7 Å². The summed E-state index contributed by atoms with van der Waals surface area (Å²) >= 11 is 12.8. The average molecular weight is 1080 g/mol. The number of rotatable bonds is 19. The van der Waals surface area contributed by atoms with Gasteiger partial charge in [-0.05, 0) is 176 Å². The van der Waals surface area contributed by atoms with Crippen LogP contribution in [0.1, 0.15) is 91.2 Å². The highest BCUT2D eigenvalue weighted by Gasteiger charge is 2.53. The molecule has 2 heterocycles. The predicted octanol–water partition coefficient (Wildman–Crippen LogP) is 13.6. The Bertz CT molecular complexity index is 3070. The molecule has 75 heavy (non-hydrogen) atoms. The number of Topliss-reactive ketones (excluding diaryl/α,β-unsaturated/α-hetero) is 2. The molecule has 2 fully saturated rings. The van der Waals surface area contributed by atoms with Gasteiger partial charge >= 0.3 is 24.1 Å². The maximum atomic E-state index is 13.2. The summed E-state index contributed by atoms with van der Waals surface area (Å²) in [6.07, 6.45) is -4.60. The van der Waals surface area contributed by atoms with E-state index >= 15 is 0 Å². The number of aryl methyl sites for hydroxylation is 2. The first kappa shape index (κ1) is 56.3. The van der Waals surface area contributed by atoms with Gasteiger partial charge in [-0.3, -0.25) is 14.6 Å². The van der Waals surface area contributed by atoms with Crippen LogP contribution in [0.25, 0.3) is 45.6 Å². The summed E-state index contributed by atoms with van der Waals surface area (Å²) in [5.74, 6) is 1.82. The van der Waals surface area contributed by atoms with Crippen molar-refractivity contribution in [2.45, 2.75) is 117 Å². The number of alkyl halides is 6. The van der Waals surface area contributed by atoms with Crippen molar-refractivity contribution in [2.75, 3.05) is 7.11 Å². The molecule has 0 amide bonds. The van der Waals surface area contributed by atoms with E-state index in [4.69, 9.17) is 37.4 Å². The fourth-order valence-corrected chi connectivity index (χ4v) is 8.13. The molecule has 0 aliphatic heterocycles. The van der Waals surface area contributed by atoms with Crippen molar-refractivity contribution in [2.24, 2.45) is 22.7 Å². The number of carbonyl (C=O) groups is 2. The Morgan fingerprint density at radius 1 is 0.600 bits per heavy atom. The average Bonchev–Trinajstić information content (AvgIpc) is 4.30. The lowest BCUT2D eigenvalue weighted by molar-refractivity contribution is -0.211. The molecular formula is C55H56Cl2F6N6O6. The first-order valence-electron chi connectivity index (χ1n) is 24.3. The maximum Gasteiger partial charge on any atom is 0.400 e. The molecule has 20 heteroatoms. The standard InChI is InChI=1S/C28H29ClF3N3O3.C27H27ClF3N3O3/c1-16(18-7-8-18)38-20-11-9-19(10-12-20)24-33-25(35-26(34-24)37-4)21-15-17(5-13-22(21)29)6-14-23(36)27(2,3)28(30,31)32;1-15(17-6-7-17)37-19-10-8-18(9-11-19)23-32-24(34-25(36)33-23)20-14-16(4-12-21(20)28)5-13-22(35)26(2,3)27(29,30)31/h5,9-13,15-16,18H,6-8,14H2,1-4H3;4,8-12,14-15,17H,5-7,13H2,1-3H3,(H,32,33,34,36)/t16-;15-/m00/s1. The number of carbonyl (C=O) groups excluding carboxylic acids is 2. The predicted molar refractivity (Wildman–Crippen MR) is 273 cm³/mol. The summed E-state index contributed by atoms with van der Waals surface area (Å²) in [5.41, 5.74) is -2.14. The van der Waals surface area contributed by atoms with Crippen molar-refractivity contribution in [1.82, 2.24) is 29.9 Å². The van der Waals surface area contributed by atoms with Crippen molar-refractivity contribution in [3.8, 4) is 63.1 Å². The number of benzene rings is 4. The first-order chi connectivity index (χ1) is 35.2. The topological polar surface area (TPSA) is 159 Å². The van der Waals surface area contributed by atoms with E-state index in [2.05, 4.69) is 36.8 Å². The van der Waals surface area contributed by atoms with E-state index < -0.39 is 40.4 Å². The van der Waals surface area contributed by atoms with Gasteiger partial charge in [0.25, 0.3) is 0 Å². The van der Waals surface area contributed by atoms with Crippen LogP contribution in [0.2, 0.25) is 10.0 Å². The molecule has 1 N–H and O–H groups in total. The second kappa shape index (κ2) is 22.8. The molecule has 0 spiro atoms. The van der Waals surface area contributed by atoms with Crippen molar-refractivity contribution in [3.05, 3.63) is 117 Å². The number of nitrogens with one attached hydrogen (secondary N) is 1. The molecule has 0 radical (unpaired) electrons. The van der Waals surface area contributed by atoms with Gasteiger partial charge in [-0.2, -0.15) is 41.3 Å². The smallest absolute Gasteiger partial charge is 0.400 e. The largest absolute Gasteiger partial charge is 0.490 e. The van der Waals surface area contributed by atoms with E-state index in [9.17, 15) is 40.7 Å². The zero-order valence-electron chi connectivity index (χ0n) is 42.3. The highest BCUT2D eigenvalue weighted by atomic mass is 35.5. The SMILES string of the molecule is COc1nc(-c2ccc(O[C@@H](C)C3CC3)cc2)nc(-c2cc(CCC(=O)C(C)(C)C(F)(F)F)ccc2Cl)n1.C[C@H](Oc1ccc(-c2nc(-c3cc(CCC(=O)C(C)(C)C(F)(F)F)ccc3Cl)[nH]c(=O)n2)cc1)C1CC1. The molecule has 12 nitrogen and oxygen atoms in total. The Morgan fingerprint density at radius 3 is 1.44 bits per heavy atom. The third-order valence-corrected chi connectivity index (χ3v) is 14.2. The quantitative estimate of drug-likeness (QED) is 0.0769. The molecule has 2 aliphatic rings. The number of ketones is 2. The third-order valence-electron chi connectivity index (χ3n) is 13.5. The maximum absolute atomic E-state index is 13.2. The fraction of sp³-hybridized carbons (Fsp3) is 0.418. The summed E-state index contributed by atoms with van der Waals surface area (Å²) < 4.78 is 96.5. The molecule has 2 atom stereocenters. The molecule has 8 rings (SSSR count). The second-order valence-corrected chi connectivity index (χ2v) is 20.7. The van der Waals surface area contributed by atoms with Gasteiger partial charge in [0.1, 0.15) is 39.7 Å². The van der Waals surface area contributed by atoms with Crippen LogP contribution in [0.3, 0.4) is 0 Å². The van der Waals surface area contributed by atoms with Crippen LogP contribution < -0.4 is 19.9 Å². The molecule has 2 aliphatic carbocycles. The number of ether oxygens (including phenoxy) is 3. The monoisotopic (exact) mass is 1080 g/mol. The van der Waals surface area contributed by atoms with Crippen LogP contribution in [-0.4, -0.2) is 73.1 Å². The van der Waals surface area contributed by atoms with Gasteiger partial charge in [0.2, 0.25) is 0 Å². The lowest BCUT2D eigenvalue weighted by Gasteiger charge is -2.26. The van der Waals surface area contributed by atoms with Crippen LogP contribution in [-0.2, 0) is 22.4 Å². The number of aromatic amines is 1. The Labute approximate surface area is 440 Å². The Hall–Kier alpha value is -6.40. The number of nitrogens with zero attached hydrogens (tertiary/aromatic N) is 5. The molecule has 398 valence electrons. The van der Waals surface area contributed by atoms with Crippen molar-refractivity contribution in [1.29, 1.82) is 0 Å². The van der Waals surface area contributed by atoms with Gasteiger partial charge in [-0.1, -0.05) is 35.3 Å². The van der Waals surface area contributed by atoms with Gasteiger partial charge in [0, 0.05) is 35.1 Å². The van der Waals surface area contributed by atoms with Gasteiger partial charge in [0.15, 0.2) is 17.5 Å². The van der Waals surface area contributed by atoms with Gasteiger partial charge in [0.05, 0.1) is 29.4 Å². The Balaban J connectivity index is 0.000000219. The lowest BCUT2D eigenvalue weighted by atomic mass is 9.84. The summed E-state index contributed by atoms with van der Waals surface area (Å²) in [7, 11) is 1.44. The summed E-state index contributed by atoms with van der Waals surface area (Å²) in [5, 5.41) is 0.622. The molecule has 2 aromatic heterocycles. The van der Waals surface area contributed by atoms with Crippen LogP contribution >= 0.6 is 23.2 Å². The summed E-state index contributed by atoms with van der Waals surface area (Å²) in [4.78, 5) is 61.2. The van der Waals surface area contributed by atoms with Gasteiger partial charge < -0.3 is 14.2 Å². The lowest BCUT2D eigenvalue weighted by Crippen LogP contribution is -2.39. The number of methoxy groups -OCH3 is 1. The van der Waals surface area contributed by atoms with Crippen LogP contribution in [0.5, 0.6) is 17.5 Å². The first-order valence-corrected chi connectivity index (χ1v) is 25.1. The van der Waals surface area contributed by atoms with Gasteiger partial charge in [-0.15, -0.1) is 0 Å². The highest BCUT2D eigenvalue weighted by Crippen LogP contribution is 2.42. The molecule has 4 aromatic carbocycles. The number of aromatic nitrogens is 6. The molecule has 0 bridgehead atoms. The zero-order valence-corrected chi connectivity index (χ0v) is 43.8. The highest BCUT2D eigenvalue weighted by molar-refractivity contribution is 6.33. The van der Waals surface area contributed by atoms with E-state index in [1.54, 1.807) is 60.7 Å². The van der Waals surface area contributed by atoms with E-state index in [1.807, 2.05) is 31.2 Å².